The number of nitrogens with one attached hydrogen (secondary N) is 1. The molecule has 1 spiro atoms. The third kappa shape index (κ3) is 3.72. The lowest BCUT2D eigenvalue weighted by atomic mass is 9.93. The van der Waals surface area contributed by atoms with Gasteiger partial charge in [-0.3, -0.25) is 4.98 Å². The second-order valence-electron chi connectivity index (χ2n) is 8.49. The van der Waals surface area contributed by atoms with Crippen molar-refractivity contribution in [3.8, 4) is 6.07 Å². The molecule has 1 aromatic heterocycles. The Hall–Kier alpha value is -2.67. The smallest absolute Gasteiger partial charge is 0.283 e. The molecule has 10 heteroatoms. The molecule has 32 heavy (non-hydrogen) atoms. The average molecular weight is 478 g/mol. The molecule has 1 unspecified atom stereocenters. The summed E-state index contributed by atoms with van der Waals surface area (Å²) in [4.78, 5) is 12.9. The molecule has 0 bridgehead atoms. The van der Waals surface area contributed by atoms with Crippen LogP contribution in [0.15, 0.2) is 41.5 Å². The number of hydrogen-bond acceptors (Lipinski definition) is 6. The molecule has 0 saturated heterocycles. The number of nitrogens with zero attached hydrogens (tertiary/aromatic N) is 4. The van der Waals surface area contributed by atoms with Gasteiger partial charge in [0.25, 0.3) is 13.1 Å². The van der Waals surface area contributed by atoms with E-state index < -0.39 is 20.7 Å². The molecule has 0 radical (unpaired) electrons. The number of rotatable bonds is 5. The summed E-state index contributed by atoms with van der Waals surface area (Å²) in [7, 11) is 1.42. The summed E-state index contributed by atoms with van der Waals surface area (Å²) in [5.74, 6) is 2.18. The van der Waals surface area contributed by atoms with Crippen LogP contribution in [-0.2, 0) is 5.54 Å². The van der Waals surface area contributed by atoms with Gasteiger partial charge in [-0.1, -0.05) is 16.4 Å². The number of aromatic nitrogens is 1. The van der Waals surface area contributed by atoms with Gasteiger partial charge in [0.05, 0.1) is 16.3 Å². The van der Waals surface area contributed by atoms with Gasteiger partial charge >= 0.3 is 0 Å². The molecule has 0 amide bonds. The van der Waals surface area contributed by atoms with Gasteiger partial charge in [-0.05, 0) is 42.6 Å². The number of aliphatic hydroxyl groups excluding tert-OH is 1. The number of nitrogens with two attached hydrogens (primary N) is 1. The van der Waals surface area contributed by atoms with Crippen molar-refractivity contribution in [3.05, 3.63) is 63.5 Å². The lowest BCUT2D eigenvalue weighted by Gasteiger charge is -2.52. The van der Waals surface area contributed by atoms with Crippen LogP contribution in [0.2, 0.25) is 5.02 Å². The van der Waals surface area contributed by atoms with Gasteiger partial charge in [0.15, 0.2) is 12.2 Å². The maximum atomic E-state index is 15.1. The maximum Gasteiger partial charge on any atom is 0.283 e. The second kappa shape index (κ2) is 7.73. The largest absolute Gasteiger partial charge is 0.369 e. The van der Waals surface area contributed by atoms with Crippen molar-refractivity contribution >= 4 is 37.6 Å². The van der Waals surface area contributed by atoms with Gasteiger partial charge in [0.1, 0.15) is 11.6 Å². The predicted octanol–water partition coefficient (Wildman–Crippen LogP) is 3.49. The van der Waals surface area contributed by atoms with Crippen molar-refractivity contribution in [1.29, 1.82) is 0 Å². The maximum absolute atomic E-state index is 15.1. The highest BCUT2D eigenvalue weighted by molar-refractivity contribution is 8.52. The van der Waals surface area contributed by atoms with Crippen LogP contribution in [0.3, 0.4) is 0 Å². The summed E-state index contributed by atoms with van der Waals surface area (Å²) in [5.41, 5.74) is 6.84. The topological polar surface area (TPSA) is 91.1 Å². The third-order valence-corrected chi connectivity index (χ3v) is 11.9. The van der Waals surface area contributed by atoms with Crippen molar-refractivity contribution in [2.75, 3.05) is 36.7 Å². The van der Waals surface area contributed by atoms with Crippen molar-refractivity contribution in [2.45, 2.75) is 18.7 Å². The van der Waals surface area contributed by atoms with E-state index in [1.807, 2.05) is 14.0 Å². The van der Waals surface area contributed by atoms with E-state index in [0.29, 0.717) is 39.4 Å². The van der Waals surface area contributed by atoms with Gasteiger partial charge in [-0.25, -0.2) is 9.38 Å². The molecule has 3 heterocycles. The first-order chi connectivity index (χ1) is 15.1. The number of anilines is 1. The van der Waals surface area contributed by atoms with Gasteiger partial charge in [0.2, 0.25) is 0 Å². The lowest BCUT2D eigenvalue weighted by Crippen LogP contribution is -2.49. The normalized spacial score (nSPS) is 24.8. The highest BCUT2D eigenvalue weighted by atomic mass is 35.5. The van der Waals surface area contributed by atoms with Crippen LogP contribution in [0, 0.1) is 11.9 Å². The van der Waals surface area contributed by atoms with Crippen LogP contribution in [0.4, 0.5) is 10.1 Å². The SMILES string of the molecule is C[N+]#CCS12(=CC1)C[C@@](C)(c1cc(NC(O)c3ccc(Cl)cn3)ccc1F)N=C(N)N2C. The Morgan fingerprint density at radius 3 is 2.81 bits per heavy atom. The summed E-state index contributed by atoms with van der Waals surface area (Å²) in [6.07, 6.45) is 0.377. The number of benzene rings is 1. The number of aliphatic imine (C=N–C) groups is 1. The molecule has 0 saturated carbocycles. The molecule has 7 nitrogen and oxygen atoms in total. The molecular weight excluding hydrogens is 451 g/mol. The first kappa shape index (κ1) is 22.5. The van der Waals surface area contributed by atoms with Crippen molar-refractivity contribution in [1.82, 2.24) is 9.29 Å². The van der Waals surface area contributed by atoms with Gasteiger partial charge in [0, 0.05) is 36.0 Å². The van der Waals surface area contributed by atoms with E-state index in [4.69, 9.17) is 22.3 Å². The summed E-state index contributed by atoms with van der Waals surface area (Å²) < 4.78 is 17.2. The number of halogens is 2. The van der Waals surface area contributed by atoms with E-state index in [2.05, 4.69) is 30.9 Å². The molecule has 170 valence electrons. The molecule has 2 aliphatic heterocycles. The van der Waals surface area contributed by atoms with E-state index in [1.165, 1.54) is 12.3 Å². The fourth-order valence-corrected chi connectivity index (χ4v) is 9.41. The number of pyridine rings is 1. The summed E-state index contributed by atoms with van der Waals surface area (Å²) >= 11 is 5.87. The van der Waals surface area contributed by atoms with Gasteiger partial charge in [-0.15, -0.1) is 0 Å². The molecule has 0 fully saturated rings. The summed E-state index contributed by atoms with van der Waals surface area (Å²) in [5, 5.41) is 16.3. The van der Waals surface area contributed by atoms with Crippen LogP contribution in [-0.4, -0.2) is 57.1 Å². The quantitative estimate of drug-likeness (QED) is 0.453. The lowest BCUT2D eigenvalue weighted by molar-refractivity contribution is 0.203. The zero-order valence-corrected chi connectivity index (χ0v) is 19.8. The van der Waals surface area contributed by atoms with Crippen LogP contribution in [0.25, 0.3) is 4.85 Å². The Kier molecular flexibility index (Phi) is 5.44. The minimum Gasteiger partial charge on any atom is -0.369 e. The molecule has 4 rings (SSSR count). The minimum atomic E-state index is -2.23. The molecule has 2 aromatic rings. The first-order valence-corrected chi connectivity index (χ1v) is 13.1. The molecule has 1 aromatic carbocycles. The number of aliphatic hydroxyl groups is 1. The Labute approximate surface area is 191 Å². The molecule has 4 N–H and O–H groups in total. The fraction of sp³-hybridized carbons (Fsp3) is 0.364. The third-order valence-electron chi connectivity index (χ3n) is 6.30. The highest BCUT2D eigenvalue weighted by Crippen LogP contribution is 2.72. The predicted molar refractivity (Wildman–Crippen MR) is 132 cm³/mol. The van der Waals surface area contributed by atoms with E-state index in [0.717, 1.165) is 5.75 Å². The van der Waals surface area contributed by atoms with Gasteiger partial charge in [-0.2, -0.15) is 8.94 Å². The summed E-state index contributed by atoms with van der Waals surface area (Å²) in [6, 6.07) is 11.0. The first-order valence-electron chi connectivity index (χ1n) is 10.1. The van der Waals surface area contributed by atoms with Gasteiger partial charge < -0.3 is 20.5 Å². The number of hydrogen-bond donors (Lipinski definition) is 3. The zero-order chi connectivity index (χ0) is 23.2. The Bertz CT molecular complexity index is 1240. The minimum absolute atomic E-state index is 0.374. The standard InChI is InChI=1S/C22H27ClFN6OS/c1-22(14-32(10-11-32,9-8-26-2)30(3)21(25)29-22)17-12-16(5-6-18(17)24)28-20(31)19-7-4-15(23)13-27-19/h4-7,10,12-13,20,28,31H,9,11,14H2,1-3H3,(H2,25,29)/q+1/t20?,22-/m0/s1. The van der Waals surface area contributed by atoms with Crippen LogP contribution < -0.4 is 11.1 Å². The van der Waals surface area contributed by atoms with Crippen LogP contribution >= 0.6 is 20.5 Å². The van der Waals surface area contributed by atoms with E-state index in [9.17, 15) is 5.11 Å². The highest BCUT2D eigenvalue weighted by Gasteiger charge is 2.55. The zero-order valence-electron chi connectivity index (χ0n) is 18.2. The van der Waals surface area contributed by atoms with E-state index in [-0.39, 0.29) is 5.82 Å². The number of guanidine groups is 1. The molecular formula is C22H27ClFN6OS+. The molecule has 2 aliphatic rings. The van der Waals surface area contributed by atoms with Crippen LogP contribution in [0.1, 0.15) is 24.4 Å². The molecule has 0 aliphatic carbocycles. The van der Waals surface area contributed by atoms with Crippen molar-refractivity contribution in [2.24, 2.45) is 10.7 Å². The van der Waals surface area contributed by atoms with Crippen LogP contribution in [0.5, 0.6) is 0 Å². The summed E-state index contributed by atoms with van der Waals surface area (Å²) in [6.45, 7) is 1.91. The monoisotopic (exact) mass is 477 g/mol. The Morgan fingerprint density at radius 1 is 1.44 bits per heavy atom. The van der Waals surface area contributed by atoms with Crippen molar-refractivity contribution in [3.63, 3.8) is 0 Å². The Balaban J connectivity index is 1.69. The second-order valence-corrected chi connectivity index (χ2v) is 13.9. The molecule has 2 atom stereocenters. The fourth-order valence-electron chi connectivity index (χ4n) is 4.29. The van der Waals surface area contributed by atoms with E-state index >= 15 is 4.39 Å². The van der Waals surface area contributed by atoms with E-state index in [1.54, 1.807) is 31.3 Å². The van der Waals surface area contributed by atoms with Crippen molar-refractivity contribution < 1.29 is 9.50 Å². The average Bonchev–Trinajstić information content (AvgIpc) is 3.48. The Morgan fingerprint density at radius 2 is 2.19 bits per heavy atom.